The third-order valence-corrected chi connectivity index (χ3v) is 3.36. The van der Waals surface area contributed by atoms with Crippen molar-refractivity contribution in [3.05, 3.63) is 58.4 Å². The van der Waals surface area contributed by atoms with Gasteiger partial charge in [-0.2, -0.15) is 0 Å². The number of nitrogens with two attached hydrogens (primary N) is 1. The van der Waals surface area contributed by atoms with Crippen molar-refractivity contribution in [1.29, 1.82) is 0 Å². The molecule has 0 radical (unpaired) electrons. The number of ether oxygens (including phenoxy) is 1. The summed E-state index contributed by atoms with van der Waals surface area (Å²) in [4.78, 5) is 4.09. The number of halogens is 1. The minimum absolute atomic E-state index is 0.130. The zero-order valence-electron chi connectivity index (χ0n) is 10.9. The first kappa shape index (κ1) is 13.8. The number of rotatable bonds is 4. The molecule has 1 aromatic carbocycles. The fourth-order valence-electron chi connectivity index (χ4n) is 2.03. The van der Waals surface area contributed by atoms with Crippen LogP contribution in [0.15, 0.2) is 36.7 Å². The van der Waals surface area contributed by atoms with Gasteiger partial charge in [0.15, 0.2) is 0 Å². The van der Waals surface area contributed by atoms with E-state index in [9.17, 15) is 0 Å². The Hall–Kier alpha value is -1.62. The number of hydrogen-bond acceptors (Lipinski definition) is 4. The first-order valence-electron chi connectivity index (χ1n) is 5.87. The number of aromatic nitrogens is 1. The van der Waals surface area contributed by atoms with Crippen molar-refractivity contribution in [1.82, 2.24) is 10.4 Å². The highest BCUT2D eigenvalue weighted by Gasteiger charge is 2.16. The van der Waals surface area contributed by atoms with Crippen molar-refractivity contribution in [3.63, 3.8) is 0 Å². The average molecular weight is 278 g/mol. The zero-order valence-corrected chi connectivity index (χ0v) is 11.6. The van der Waals surface area contributed by atoms with E-state index in [-0.39, 0.29) is 6.04 Å². The molecule has 1 aromatic heterocycles. The van der Waals surface area contributed by atoms with Crippen LogP contribution in [-0.2, 0) is 0 Å². The van der Waals surface area contributed by atoms with Gasteiger partial charge in [-0.25, -0.2) is 5.43 Å². The fraction of sp³-hybridized carbons (Fsp3) is 0.214. The zero-order chi connectivity index (χ0) is 13.8. The Morgan fingerprint density at radius 2 is 2.16 bits per heavy atom. The van der Waals surface area contributed by atoms with Gasteiger partial charge < -0.3 is 4.74 Å². The maximum Gasteiger partial charge on any atom is 0.137 e. The van der Waals surface area contributed by atoms with Gasteiger partial charge in [-0.3, -0.25) is 10.8 Å². The van der Waals surface area contributed by atoms with Gasteiger partial charge in [0.2, 0.25) is 0 Å². The molecule has 3 N–H and O–H groups in total. The van der Waals surface area contributed by atoms with Crippen LogP contribution in [-0.4, -0.2) is 12.1 Å². The van der Waals surface area contributed by atoms with Gasteiger partial charge in [0, 0.05) is 12.4 Å². The smallest absolute Gasteiger partial charge is 0.137 e. The second-order valence-corrected chi connectivity index (χ2v) is 4.63. The summed E-state index contributed by atoms with van der Waals surface area (Å²) in [6.07, 6.45) is 3.56. The summed E-state index contributed by atoms with van der Waals surface area (Å²) >= 11 is 6.03. The molecule has 2 rings (SSSR count). The lowest BCUT2D eigenvalue weighted by atomic mass is 9.97. The van der Waals surface area contributed by atoms with Crippen LogP contribution >= 0.6 is 11.6 Å². The van der Waals surface area contributed by atoms with E-state index in [1.165, 1.54) is 0 Å². The van der Waals surface area contributed by atoms with Gasteiger partial charge in [0.05, 0.1) is 18.2 Å². The van der Waals surface area contributed by atoms with Crippen molar-refractivity contribution in [2.75, 3.05) is 7.11 Å². The number of benzene rings is 1. The second-order valence-electron chi connectivity index (χ2n) is 4.23. The molecule has 2 aromatic rings. The summed E-state index contributed by atoms with van der Waals surface area (Å²) in [6.45, 7) is 2.00. The molecule has 0 aliphatic heterocycles. The monoisotopic (exact) mass is 277 g/mol. The molecule has 5 heteroatoms. The Balaban J connectivity index is 2.45. The molecule has 0 bridgehead atoms. The molecule has 1 heterocycles. The largest absolute Gasteiger partial charge is 0.495 e. The van der Waals surface area contributed by atoms with Crippen LogP contribution in [0.1, 0.15) is 22.7 Å². The van der Waals surface area contributed by atoms with Crippen molar-refractivity contribution in [2.45, 2.75) is 13.0 Å². The summed E-state index contributed by atoms with van der Waals surface area (Å²) in [7, 11) is 1.59. The van der Waals surface area contributed by atoms with E-state index in [0.29, 0.717) is 10.8 Å². The van der Waals surface area contributed by atoms with E-state index in [0.717, 1.165) is 16.7 Å². The maximum absolute atomic E-state index is 6.03. The van der Waals surface area contributed by atoms with Crippen LogP contribution in [0, 0.1) is 6.92 Å². The van der Waals surface area contributed by atoms with Crippen LogP contribution in [0.25, 0.3) is 0 Å². The molecule has 0 saturated heterocycles. The molecule has 0 saturated carbocycles. The lowest BCUT2D eigenvalue weighted by molar-refractivity contribution is 0.414. The second kappa shape index (κ2) is 6.02. The Bertz CT molecular complexity index is 574. The van der Waals surface area contributed by atoms with Gasteiger partial charge >= 0.3 is 0 Å². The van der Waals surface area contributed by atoms with Gasteiger partial charge in [-0.05, 0) is 41.8 Å². The Morgan fingerprint density at radius 1 is 1.37 bits per heavy atom. The van der Waals surface area contributed by atoms with Crippen LogP contribution in [0.3, 0.4) is 0 Å². The Morgan fingerprint density at radius 3 is 2.79 bits per heavy atom. The highest BCUT2D eigenvalue weighted by atomic mass is 35.5. The fourth-order valence-corrected chi connectivity index (χ4v) is 2.22. The molecule has 1 unspecified atom stereocenters. The highest BCUT2D eigenvalue weighted by Crippen LogP contribution is 2.30. The summed E-state index contributed by atoms with van der Waals surface area (Å²) in [5.74, 6) is 6.32. The molecular weight excluding hydrogens is 262 g/mol. The minimum atomic E-state index is -0.130. The van der Waals surface area contributed by atoms with Gasteiger partial charge in [0.1, 0.15) is 5.75 Å². The third-order valence-electron chi connectivity index (χ3n) is 3.05. The third kappa shape index (κ3) is 2.87. The van der Waals surface area contributed by atoms with Crippen LogP contribution < -0.4 is 16.0 Å². The lowest BCUT2D eigenvalue weighted by Crippen LogP contribution is -2.29. The summed E-state index contributed by atoms with van der Waals surface area (Å²) in [6, 6.07) is 7.42. The first-order valence-corrected chi connectivity index (χ1v) is 6.25. The normalized spacial score (nSPS) is 12.2. The molecule has 0 fully saturated rings. The first-order chi connectivity index (χ1) is 9.17. The molecule has 1 atom stereocenters. The molecular formula is C14H16ClN3O. The van der Waals surface area contributed by atoms with E-state index >= 15 is 0 Å². The Labute approximate surface area is 117 Å². The van der Waals surface area contributed by atoms with Gasteiger partial charge in [0.25, 0.3) is 0 Å². The number of nitrogens with zero attached hydrogens (tertiary/aromatic N) is 1. The van der Waals surface area contributed by atoms with Crippen molar-refractivity contribution in [2.24, 2.45) is 5.84 Å². The van der Waals surface area contributed by atoms with Crippen molar-refractivity contribution in [3.8, 4) is 5.75 Å². The van der Waals surface area contributed by atoms with E-state index in [4.69, 9.17) is 22.2 Å². The predicted molar refractivity (Wildman–Crippen MR) is 76.1 cm³/mol. The van der Waals surface area contributed by atoms with Gasteiger partial charge in [-0.1, -0.05) is 17.7 Å². The van der Waals surface area contributed by atoms with Crippen molar-refractivity contribution < 1.29 is 4.74 Å². The maximum atomic E-state index is 6.03. The van der Waals surface area contributed by atoms with Crippen LogP contribution in [0.5, 0.6) is 5.75 Å². The van der Waals surface area contributed by atoms with Crippen molar-refractivity contribution >= 4 is 11.6 Å². The van der Waals surface area contributed by atoms with E-state index in [1.807, 2.05) is 31.3 Å². The number of hydrogen-bond donors (Lipinski definition) is 2. The van der Waals surface area contributed by atoms with Crippen LogP contribution in [0.2, 0.25) is 5.02 Å². The van der Waals surface area contributed by atoms with Gasteiger partial charge in [-0.15, -0.1) is 0 Å². The lowest BCUT2D eigenvalue weighted by Gasteiger charge is -2.19. The summed E-state index contributed by atoms with van der Waals surface area (Å²) < 4.78 is 5.23. The van der Waals surface area contributed by atoms with E-state index < -0.39 is 0 Å². The quantitative estimate of drug-likeness (QED) is 0.666. The SMILES string of the molecule is COc1cc(C(NN)c2ccncc2C)ccc1Cl. The molecule has 0 amide bonds. The number of aryl methyl sites for hydroxylation is 1. The molecule has 19 heavy (non-hydrogen) atoms. The minimum Gasteiger partial charge on any atom is -0.495 e. The topological polar surface area (TPSA) is 60.2 Å². The van der Waals surface area contributed by atoms with E-state index in [1.54, 1.807) is 19.4 Å². The standard InChI is InChI=1S/C14H16ClN3O/c1-9-8-17-6-5-11(9)14(18-16)10-3-4-12(15)13(7-10)19-2/h3-8,14,18H,16H2,1-2H3. The molecule has 0 spiro atoms. The molecule has 100 valence electrons. The average Bonchev–Trinajstić information content (AvgIpc) is 2.43. The van der Waals surface area contributed by atoms with E-state index in [2.05, 4.69) is 10.4 Å². The number of methoxy groups -OCH3 is 1. The Kier molecular flexibility index (Phi) is 4.37. The molecule has 0 aliphatic rings. The molecule has 0 aliphatic carbocycles. The predicted octanol–water partition coefficient (Wildman–Crippen LogP) is 2.60. The van der Waals surface area contributed by atoms with Crippen LogP contribution in [0.4, 0.5) is 0 Å². The molecule has 4 nitrogen and oxygen atoms in total. The highest BCUT2D eigenvalue weighted by molar-refractivity contribution is 6.32. The number of nitrogens with one attached hydrogen (secondary N) is 1. The summed E-state index contributed by atoms with van der Waals surface area (Å²) in [5.41, 5.74) is 5.94. The number of pyridine rings is 1. The summed E-state index contributed by atoms with van der Waals surface area (Å²) in [5, 5.41) is 0.577. The number of hydrazine groups is 1.